The van der Waals surface area contributed by atoms with Crippen molar-refractivity contribution in [1.29, 1.82) is 0 Å². The van der Waals surface area contributed by atoms with Crippen molar-refractivity contribution < 1.29 is 14.3 Å². The van der Waals surface area contributed by atoms with Crippen LogP contribution in [0.4, 0.5) is 10.5 Å². The maximum Gasteiger partial charge on any atom is 0.319 e. The van der Waals surface area contributed by atoms with E-state index in [9.17, 15) is 4.79 Å². The predicted molar refractivity (Wildman–Crippen MR) is 107 cm³/mol. The van der Waals surface area contributed by atoms with E-state index in [0.29, 0.717) is 24.1 Å². The molecule has 0 spiro atoms. The van der Waals surface area contributed by atoms with Crippen molar-refractivity contribution in [3.05, 3.63) is 48.5 Å². The average Bonchev–Trinajstić information content (AvgIpc) is 3.08. The number of carbonyl (C=O) groups is 1. The molecule has 1 heterocycles. The molecule has 6 nitrogen and oxygen atoms in total. The number of ether oxygens (including phenoxy) is 2. The van der Waals surface area contributed by atoms with E-state index >= 15 is 0 Å². The Morgan fingerprint density at radius 1 is 1.15 bits per heavy atom. The zero-order valence-corrected chi connectivity index (χ0v) is 15.9. The molecule has 1 unspecified atom stereocenters. The average molecular weight is 369 g/mol. The summed E-state index contributed by atoms with van der Waals surface area (Å²) >= 11 is 0. The molecule has 0 bridgehead atoms. The van der Waals surface area contributed by atoms with E-state index in [0.717, 1.165) is 24.4 Å². The number of likely N-dealkylation sites (tertiary alicyclic amines) is 1. The minimum absolute atomic E-state index is 0.183. The van der Waals surface area contributed by atoms with Crippen LogP contribution in [0.3, 0.4) is 0 Å². The first-order chi connectivity index (χ1) is 13.1. The van der Waals surface area contributed by atoms with E-state index in [1.165, 1.54) is 12.8 Å². The number of methoxy groups -OCH3 is 1. The fraction of sp³-hybridized carbons (Fsp3) is 0.381. The van der Waals surface area contributed by atoms with Crippen LogP contribution in [0.2, 0.25) is 0 Å². The molecular weight excluding hydrogens is 342 g/mol. The highest BCUT2D eigenvalue weighted by atomic mass is 16.5. The first kappa shape index (κ1) is 19.0. The monoisotopic (exact) mass is 369 g/mol. The van der Waals surface area contributed by atoms with Crippen LogP contribution >= 0.6 is 0 Å². The van der Waals surface area contributed by atoms with Crippen LogP contribution < -0.4 is 20.1 Å². The highest BCUT2D eigenvalue weighted by Gasteiger charge is 2.20. The van der Waals surface area contributed by atoms with E-state index in [1.54, 1.807) is 7.11 Å². The Labute approximate surface area is 160 Å². The minimum Gasteiger partial charge on any atom is -0.497 e. The van der Waals surface area contributed by atoms with E-state index in [4.69, 9.17) is 9.47 Å². The number of hydrogen-bond acceptors (Lipinski definition) is 4. The van der Waals surface area contributed by atoms with Crippen LogP contribution in [0.5, 0.6) is 17.2 Å². The van der Waals surface area contributed by atoms with Crippen LogP contribution in [0.15, 0.2) is 48.5 Å². The molecule has 1 aliphatic rings. The zero-order valence-electron chi connectivity index (χ0n) is 15.9. The summed E-state index contributed by atoms with van der Waals surface area (Å²) in [7, 11) is 3.77. The van der Waals surface area contributed by atoms with Gasteiger partial charge in [-0.2, -0.15) is 0 Å². The van der Waals surface area contributed by atoms with Gasteiger partial charge in [0, 0.05) is 24.3 Å². The fourth-order valence-corrected chi connectivity index (χ4v) is 3.28. The maximum absolute atomic E-state index is 12.0. The molecule has 27 heavy (non-hydrogen) atoms. The number of amides is 2. The Balaban J connectivity index is 1.44. The molecule has 2 amide bonds. The lowest BCUT2D eigenvalue weighted by molar-refractivity contribution is 0.248. The van der Waals surface area contributed by atoms with E-state index < -0.39 is 0 Å². The Kier molecular flexibility index (Phi) is 6.54. The third-order valence-corrected chi connectivity index (χ3v) is 4.82. The molecule has 6 heteroatoms. The molecule has 2 aromatic carbocycles. The first-order valence-electron chi connectivity index (χ1n) is 9.31. The van der Waals surface area contributed by atoms with Gasteiger partial charge in [0.2, 0.25) is 0 Å². The topological polar surface area (TPSA) is 62.8 Å². The number of anilines is 1. The van der Waals surface area contributed by atoms with Crippen molar-refractivity contribution in [1.82, 2.24) is 10.2 Å². The highest BCUT2D eigenvalue weighted by Crippen LogP contribution is 2.26. The van der Waals surface area contributed by atoms with Crippen molar-refractivity contribution in [3.8, 4) is 17.2 Å². The van der Waals surface area contributed by atoms with Crippen LogP contribution in [0.25, 0.3) is 0 Å². The quantitative estimate of drug-likeness (QED) is 0.771. The summed E-state index contributed by atoms with van der Waals surface area (Å²) in [5, 5.41) is 5.77. The zero-order chi connectivity index (χ0) is 19.1. The van der Waals surface area contributed by atoms with Gasteiger partial charge >= 0.3 is 6.03 Å². The summed E-state index contributed by atoms with van der Waals surface area (Å²) in [6, 6.07) is 15.1. The van der Waals surface area contributed by atoms with Gasteiger partial charge in [0.05, 0.1) is 7.11 Å². The van der Waals surface area contributed by atoms with Gasteiger partial charge < -0.3 is 25.0 Å². The summed E-state index contributed by atoms with van der Waals surface area (Å²) < 4.78 is 11.0. The Morgan fingerprint density at radius 2 is 1.93 bits per heavy atom. The maximum atomic E-state index is 12.0. The molecule has 0 aromatic heterocycles. The highest BCUT2D eigenvalue weighted by molar-refractivity contribution is 5.89. The summed E-state index contributed by atoms with van der Waals surface area (Å²) in [6.07, 6.45) is 3.45. The van der Waals surface area contributed by atoms with Gasteiger partial charge in [-0.15, -0.1) is 0 Å². The SMILES string of the molecule is COc1cccc(Oc2ccc(NC(=O)NCCC3CCCN3C)cc2)c1. The Bertz CT molecular complexity index is 749. The summed E-state index contributed by atoms with van der Waals surface area (Å²) in [4.78, 5) is 14.4. The number of hydrogen-bond donors (Lipinski definition) is 2. The number of benzene rings is 2. The van der Waals surface area contributed by atoms with Gasteiger partial charge in [0.1, 0.15) is 17.2 Å². The van der Waals surface area contributed by atoms with Crippen LogP contribution in [-0.4, -0.2) is 44.2 Å². The van der Waals surface area contributed by atoms with Gasteiger partial charge in [-0.1, -0.05) is 6.07 Å². The smallest absolute Gasteiger partial charge is 0.319 e. The van der Waals surface area contributed by atoms with Crippen molar-refractivity contribution in [2.45, 2.75) is 25.3 Å². The molecule has 3 rings (SSSR count). The molecule has 1 atom stereocenters. The van der Waals surface area contributed by atoms with Gasteiger partial charge in [0.25, 0.3) is 0 Å². The van der Waals surface area contributed by atoms with Crippen molar-refractivity contribution >= 4 is 11.7 Å². The third kappa shape index (κ3) is 5.62. The fourth-order valence-electron chi connectivity index (χ4n) is 3.28. The number of rotatable bonds is 7. The molecule has 1 aliphatic heterocycles. The second-order valence-electron chi connectivity index (χ2n) is 6.75. The molecule has 1 fully saturated rings. The van der Waals surface area contributed by atoms with Crippen LogP contribution in [-0.2, 0) is 0 Å². The van der Waals surface area contributed by atoms with Crippen LogP contribution in [0, 0.1) is 0 Å². The lowest BCUT2D eigenvalue weighted by Crippen LogP contribution is -2.34. The molecule has 1 saturated heterocycles. The normalized spacial score (nSPS) is 16.7. The van der Waals surface area contributed by atoms with E-state index in [1.807, 2.05) is 48.5 Å². The largest absolute Gasteiger partial charge is 0.497 e. The van der Waals surface area contributed by atoms with E-state index in [-0.39, 0.29) is 6.03 Å². The van der Waals surface area contributed by atoms with Gasteiger partial charge in [0.15, 0.2) is 0 Å². The lowest BCUT2D eigenvalue weighted by Gasteiger charge is -2.19. The summed E-state index contributed by atoms with van der Waals surface area (Å²) in [5.41, 5.74) is 0.725. The van der Waals surface area contributed by atoms with Crippen molar-refractivity contribution in [2.75, 3.05) is 32.6 Å². The van der Waals surface area contributed by atoms with Gasteiger partial charge in [-0.3, -0.25) is 0 Å². The van der Waals surface area contributed by atoms with Gasteiger partial charge in [-0.05, 0) is 69.3 Å². The third-order valence-electron chi connectivity index (χ3n) is 4.82. The second kappa shape index (κ2) is 9.28. The van der Waals surface area contributed by atoms with E-state index in [2.05, 4.69) is 22.6 Å². The molecular formula is C21H27N3O3. The molecule has 0 radical (unpaired) electrons. The Morgan fingerprint density at radius 3 is 2.63 bits per heavy atom. The van der Waals surface area contributed by atoms with Crippen LogP contribution in [0.1, 0.15) is 19.3 Å². The lowest BCUT2D eigenvalue weighted by atomic mass is 10.1. The number of carbonyl (C=O) groups excluding carboxylic acids is 1. The number of nitrogens with zero attached hydrogens (tertiary/aromatic N) is 1. The second-order valence-corrected chi connectivity index (χ2v) is 6.75. The molecule has 0 aliphatic carbocycles. The predicted octanol–water partition coefficient (Wildman–Crippen LogP) is 4.09. The molecule has 144 valence electrons. The molecule has 2 N–H and O–H groups in total. The molecule has 2 aromatic rings. The first-order valence-corrected chi connectivity index (χ1v) is 9.31. The number of nitrogens with one attached hydrogen (secondary N) is 2. The Hall–Kier alpha value is -2.73. The minimum atomic E-state index is -0.183. The summed E-state index contributed by atoms with van der Waals surface area (Å²) in [5.74, 6) is 2.13. The standard InChI is InChI=1S/C21H27N3O3/c1-24-14-4-5-17(24)12-13-22-21(25)23-16-8-10-18(11-9-16)27-20-7-3-6-19(15-20)26-2/h3,6-11,15,17H,4-5,12-14H2,1-2H3,(H2,22,23,25). The van der Waals surface area contributed by atoms with Crippen molar-refractivity contribution in [2.24, 2.45) is 0 Å². The van der Waals surface area contributed by atoms with Crippen molar-refractivity contribution in [3.63, 3.8) is 0 Å². The summed E-state index contributed by atoms with van der Waals surface area (Å²) in [6.45, 7) is 1.83. The number of urea groups is 1. The molecule has 0 saturated carbocycles. The van der Waals surface area contributed by atoms with Gasteiger partial charge in [-0.25, -0.2) is 4.79 Å².